The summed E-state index contributed by atoms with van der Waals surface area (Å²) in [5, 5.41) is 17.2. The molecule has 0 saturated heterocycles. The van der Waals surface area contributed by atoms with Gasteiger partial charge in [-0.05, 0) is 30.7 Å². The number of thiol groups is 1. The van der Waals surface area contributed by atoms with Crippen LogP contribution >= 0.6 is 12.6 Å². The number of nitrogens with one attached hydrogen (secondary N) is 3. The number of rotatable bonds is 16. The second kappa shape index (κ2) is 16.4. The van der Waals surface area contributed by atoms with Gasteiger partial charge < -0.3 is 38.3 Å². The maximum absolute atomic E-state index is 13.0. The SMILES string of the molecule is CCC(C)C(NC(=O)C(CCCN=C(N)N)NC(=O)C(CS)NC(=O)C(N)Cc1ccccc1)C(=O)O. The van der Waals surface area contributed by atoms with E-state index in [4.69, 9.17) is 17.2 Å². The minimum absolute atomic E-state index is 0.0530. The number of aliphatic imine (C=N–C) groups is 1. The fourth-order valence-electron chi connectivity index (χ4n) is 3.42. The quantitative estimate of drug-likeness (QED) is 0.0572. The highest BCUT2D eigenvalue weighted by molar-refractivity contribution is 7.80. The van der Waals surface area contributed by atoms with Crippen molar-refractivity contribution in [3.63, 3.8) is 0 Å². The van der Waals surface area contributed by atoms with Gasteiger partial charge in [0.15, 0.2) is 5.96 Å². The molecule has 5 atom stereocenters. The molecule has 0 aromatic heterocycles. The van der Waals surface area contributed by atoms with Gasteiger partial charge in [0, 0.05) is 12.3 Å². The van der Waals surface area contributed by atoms with Gasteiger partial charge >= 0.3 is 5.97 Å². The van der Waals surface area contributed by atoms with E-state index in [1.165, 1.54) is 0 Å². The number of guanidine groups is 1. The maximum atomic E-state index is 13.0. The van der Waals surface area contributed by atoms with Crippen LogP contribution in [0.15, 0.2) is 35.3 Å². The third-order valence-electron chi connectivity index (χ3n) is 5.81. The number of carbonyl (C=O) groups excluding carboxylic acids is 3. The lowest BCUT2D eigenvalue weighted by Crippen LogP contribution is -2.58. The predicted molar refractivity (Wildman–Crippen MR) is 145 cm³/mol. The van der Waals surface area contributed by atoms with E-state index in [0.29, 0.717) is 12.8 Å². The summed E-state index contributed by atoms with van der Waals surface area (Å²) in [5.74, 6) is -3.56. The first-order valence-electron chi connectivity index (χ1n) is 12.1. The molecule has 0 spiro atoms. The molecule has 0 saturated carbocycles. The molecule has 13 heteroatoms. The van der Waals surface area contributed by atoms with E-state index < -0.39 is 47.9 Å². The zero-order chi connectivity index (χ0) is 28.0. The molecule has 1 aromatic carbocycles. The number of amides is 3. The second-order valence-electron chi connectivity index (χ2n) is 8.76. The van der Waals surface area contributed by atoms with E-state index in [2.05, 4.69) is 33.6 Å². The fraction of sp³-hybridized carbons (Fsp3) is 0.542. The topological polar surface area (TPSA) is 215 Å². The molecule has 0 heterocycles. The number of carboxylic acid groups (broad SMARTS) is 1. The molecule has 1 aromatic rings. The van der Waals surface area contributed by atoms with E-state index >= 15 is 0 Å². The molecule has 0 fully saturated rings. The van der Waals surface area contributed by atoms with Gasteiger partial charge in [-0.3, -0.25) is 19.4 Å². The number of nitrogens with two attached hydrogens (primary N) is 3. The van der Waals surface area contributed by atoms with Crippen LogP contribution in [0.3, 0.4) is 0 Å². The van der Waals surface area contributed by atoms with Crippen LogP contribution in [0.5, 0.6) is 0 Å². The molecule has 0 aliphatic heterocycles. The van der Waals surface area contributed by atoms with Crippen molar-refractivity contribution in [2.75, 3.05) is 12.3 Å². The smallest absolute Gasteiger partial charge is 0.326 e. The Kier molecular flexibility index (Phi) is 14.1. The molecule has 0 radical (unpaired) electrons. The number of hydrogen-bond donors (Lipinski definition) is 8. The molecule has 1 rings (SSSR count). The monoisotopic (exact) mass is 537 g/mol. The Morgan fingerprint density at radius 2 is 1.59 bits per heavy atom. The van der Waals surface area contributed by atoms with Crippen LogP contribution < -0.4 is 33.2 Å². The predicted octanol–water partition coefficient (Wildman–Crippen LogP) is -0.875. The first-order valence-corrected chi connectivity index (χ1v) is 12.7. The summed E-state index contributed by atoms with van der Waals surface area (Å²) < 4.78 is 0. The van der Waals surface area contributed by atoms with Crippen molar-refractivity contribution in [3.8, 4) is 0 Å². The van der Waals surface area contributed by atoms with Gasteiger partial charge in [-0.25, -0.2) is 4.79 Å². The Morgan fingerprint density at radius 1 is 1.00 bits per heavy atom. The Balaban J connectivity index is 2.91. The molecule has 10 N–H and O–H groups in total. The number of aliphatic carboxylic acids is 1. The summed E-state index contributed by atoms with van der Waals surface area (Å²) in [5.41, 5.74) is 17.5. The number of nitrogens with zero attached hydrogens (tertiary/aromatic N) is 1. The number of benzene rings is 1. The number of carbonyl (C=O) groups is 4. The third kappa shape index (κ3) is 11.5. The van der Waals surface area contributed by atoms with Crippen LogP contribution in [-0.2, 0) is 25.6 Å². The first-order chi connectivity index (χ1) is 17.5. The highest BCUT2D eigenvalue weighted by Crippen LogP contribution is 2.10. The Hall–Kier alpha value is -3.32. The zero-order valence-corrected chi connectivity index (χ0v) is 22.1. The molecule has 3 amide bonds. The van der Waals surface area contributed by atoms with Crippen LogP contribution in [0, 0.1) is 5.92 Å². The largest absolute Gasteiger partial charge is 0.480 e. The lowest BCUT2D eigenvalue weighted by atomic mass is 9.98. The minimum atomic E-state index is -1.18. The van der Waals surface area contributed by atoms with Crippen molar-refractivity contribution in [1.29, 1.82) is 0 Å². The van der Waals surface area contributed by atoms with E-state index in [0.717, 1.165) is 5.56 Å². The summed E-state index contributed by atoms with van der Waals surface area (Å²) in [6, 6.07) is 4.99. The van der Waals surface area contributed by atoms with Crippen LogP contribution in [0.1, 0.15) is 38.7 Å². The van der Waals surface area contributed by atoms with Crippen LogP contribution in [0.2, 0.25) is 0 Å². The Morgan fingerprint density at radius 3 is 2.14 bits per heavy atom. The Labute approximate surface area is 222 Å². The Bertz CT molecular complexity index is 927. The second-order valence-corrected chi connectivity index (χ2v) is 9.13. The first kappa shape index (κ1) is 31.7. The summed E-state index contributed by atoms with van der Waals surface area (Å²) in [6.45, 7) is 3.72. The van der Waals surface area contributed by atoms with Gasteiger partial charge in [0.05, 0.1) is 6.04 Å². The summed E-state index contributed by atoms with van der Waals surface area (Å²) in [7, 11) is 0. The molecular formula is C24H39N7O5S. The minimum Gasteiger partial charge on any atom is -0.480 e. The van der Waals surface area contributed by atoms with E-state index in [1.54, 1.807) is 6.92 Å². The van der Waals surface area contributed by atoms with E-state index in [1.807, 2.05) is 37.3 Å². The maximum Gasteiger partial charge on any atom is 0.326 e. The normalized spacial score (nSPS) is 14.8. The average Bonchev–Trinajstić information content (AvgIpc) is 2.86. The average molecular weight is 538 g/mol. The van der Waals surface area contributed by atoms with Gasteiger partial charge in [0.25, 0.3) is 0 Å². The van der Waals surface area contributed by atoms with Crippen molar-refractivity contribution in [1.82, 2.24) is 16.0 Å². The fourth-order valence-corrected chi connectivity index (χ4v) is 3.67. The van der Waals surface area contributed by atoms with Crippen molar-refractivity contribution in [3.05, 3.63) is 35.9 Å². The van der Waals surface area contributed by atoms with E-state index in [-0.39, 0.29) is 37.0 Å². The molecule has 37 heavy (non-hydrogen) atoms. The van der Waals surface area contributed by atoms with E-state index in [9.17, 15) is 24.3 Å². The molecule has 0 bridgehead atoms. The molecule has 0 aliphatic rings. The zero-order valence-electron chi connectivity index (χ0n) is 21.2. The molecular weight excluding hydrogens is 498 g/mol. The van der Waals surface area contributed by atoms with Crippen molar-refractivity contribution in [2.24, 2.45) is 28.1 Å². The third-order valence-corrected chi connectivity index (χ3v) is 6.17. The standard InChI is InChI=1S/C24H39N7O5S/c1-3-14(2)19(23(35)36)31-21(33)17(10-7-11-28-24(26)27)29-22(34)18(13-37)30-20(32)16(25)12-15-8-5-4-6-9-15/h4-6,8-9,14,16-19,37H,3,7,10-13,25H2,1-2H3,(H,29,34)(H,30,32)(H,31,33)(H,35,36)(H4,26,27,28). The summed E-state index contributed by atoms with van der Waals surface area (Å²) in [4.78, 5) is 54.1. The number of hydrogen-bond acceptors (Lipinski definition) is 7. The lowest BCUT2D eigenvalue weighted by Gasteiger charge is -2.26. The van der Waals surface area contributed by atoms with Gasteiger partial charge in [-0.15, -0.1) is 0 Å². The molecule has 0 aliphatic carbocycles. The van der Waals surface area contributed by atoms with Crippen molar-refractivity contribution < 1.29 is 24.3 Å². The van der Waals surface area contributed by atoms with Crippen LogP contribution in [0.25, 0.3) is 0 Å². The highest BCUT2D eigenvalue weighted by Gasteiger charge is 2.31. The molecule has 206 valence electrons. The van der Waals surface area contributed by atoms with Gasteiger partial charge in [0.1, 0.15) is 18.1 Å². The molecule has 12 nitrogen and oxygen atoms in total. The van der Waals surface area contributed by atoms with Crippen LogP contribution in [-0.4, -0.2) is 71.2 Å². The van der Waals surface area contributed by atoms with Gasteiger partial charge in [0.2, 0.25) is 17.7 Å². The molecule has 5 unspecified atom stereocenters. The highest BCUT2D eigenvalue weighted by atomic mass is 32.1. The lowest BCUT2D eigenvalue weighted by molar-refractivity contribution is -0.143. The van der Waals surface area contributed by atoms with Crippen molar-refractivity contribution >= 4 is 42.3 Å². The van der Waals surface area contributed by atoms with Crippen LogP contribution in [0.4, 0.5) is 0 Å². The van der Waals surface area contributed by atoms with Gasteiger partial charge in [-0.1, -0.05) is 50.6 Å². The van der Waals surface area contributed by atoms with Gasteiger partial charge in [-0.2, -0.15) is 12.6 Å². The van der Waals surface area contributed by atoms with Crippen molar-refractivity contribution in [2.45, 2.75) is 63.7 Å². The summed E-state index contributed by atoms with van der Waals surface area (Å²) >= 11 is 4.16. The summed E-state index contributed by atoms with van der Waals surface area (Å²) in [6.07, 6.45) is 1.25. The number of carboxylic acids is 1.